The zero-order valence-corrected chi connectivity index (χ0v) is 14.9. The van der Waals surface area contributed by atoms with Gasteiger partial charge in [-0.3, -0.25) is 0 Å². The van der Waals surface area contributed by atoms with Crippen molar-refractivity contribution in [1.82, 2.24) is 0 Å². The van der Waals surface area contributed by atoms with Gasteiger partial charge in [-0.1, -0.05) is 30.4 Å². The molecule has 0 radical (unpaired) electrons. The maximum atomic E-state index is 11.4. The van der Waals surface area contributed by atoms with Gasteiger partial charge in [-0.05, 0) is 42.8 Å². The van der Waals surface area contributed by atoms with E-state index >= 15 is 0 Å². The smallest absolute Gasteiger partial charge is 0.342 e. The molecule has 2 aromatic carbocycles. The Morgan fingerprint density at radius 1 is 0.917 bits per heavy atom. The van der Waals surface area contributed by atoms with E-state index in [1.165, 1.54) is 12.2 Å². The van der Waals surface area contributed by atoms with Gasteiger partial charge in [0.2, 0.25) is 0 Å². The van der Waals surface area contributed by atoms with Crippen LogP contribution < -0.4 is 0 Å². The number of hydrogen-bond acceptors (Lipinski definition) is 6. The van der Waals surface area contributed by atoms with Gasteiger partial charge < -0.3 is 8.37 Å². The standard InChI is InChI=1S/C18H16O4S2/c1-3-6-17(19)21-23-14-10-11-15-13(12-14)8-5-9-16(15)24-22-18(20)7-4-2/h3-12H,1-2H3. The molecule has 0 aliphatic carbocycles. The Morgan fingerprint density at radius 2 is 1.58 bits per heavy atom. The SMILES string of the molecule is CC=CC(=O)OSc1ccc2c(SOC(=O)C=CC)cccc2c1. The van der Waals surface area contributed by atoms with Crippen LogP contribution in [0.3, 0.4) is 0 Å². The molecule has 0 spiro atoms. The van der Waals surface area contributed by atoms with Crippen molar-refractivity contribution in [2.45, 2.75) is 23.6 Å². The van der Waals surface area contributed by atoms with Crippen LogP contribution in [0.2, 0.25) is 0 Å². The monoisotopic (exact) mass is 360 g/mol. The third kappa shape index (κ3) is 5.18. The predicted molar refractivity (Wildman–Crippen MR) is 97.5 cm³/mol. The highest BCUT2D eigenvalue weighted by Crippen LogP contribution is 2.31. The molecule has 0 aliphatic heterocycles. The summed E-state index contributed by atoms with van der Waals surface area (Å²) in [5, 5.41) is 1.93. The molecule has 4 nitrogen and oxygen atoms in total. The van der Waals surface area contributed by atoms with Crippen molar-refractivity contribution in [3.63, 3.8) is 0 Å². The summed E-state index contributed by atoms with van der Waals surface area (Å²) in [6.45, 7) is 3.51. The largest absolute Gasteiger partial charge is 0.383 e. The Labute approximate surface area is 149 Å². The molecule has 0 saturated heterocycles. The minimum Gasteiger partial charge on any atom is -0.383 e. The third-order valence-corrected chi connectivity index (χ3v) is 4.33. The normalized spacial score (nSPS) is 11.2. The summed E-state index contributed by atoms with van der Waals surface area (Å²) in [6.07, 6.45) is 5.99. The summed E-state index contributed by atoms with van der Waals surface area (Å²) in [7, 11) is 0. The lowest BCUT2D eigenvalue weighted by Crippen LogP contribution is -1.93. The summed E-state index contributed by atoms with van der Waals surface area (Å²) in [4.78, 5) is 24.4. The van der Waals surface area contributed by atoms with E-state index in [4.69, 9.17) is 8.37 Å². The molecule has 124 valence electrons. The molecule has 0 fully saturated rings. The van der Waals surface area contributed by atoms with Crippen molar-refractivity contribution < 1.29 is 18.0 Å². The molecular weight excluding hydrogens is 344 g/mol. The summed E-state index contributed by atoms with van der Waals surface area (Å²) in [5.41, 5.74) is 0. The third-order valence-electron chi connectivity index (χ3n) is 2.85. The van der Waals surface area contributed by atoms with Crippen molar-refractivity contribution in [3.8, 4) is 0 Å². The first-order chi connectivity index (χ1) is 11.6. The fraction of sp³-hybridized carbons (Fsp3) is 0.111. The molecular formula is C18H16O4S2. The van der Waals surface area contributed by atoms with Crippen molar-refractivity contribution in [2.75, 3.05) is 0 Å². The Bertz CT molecular complexity index is 797. The van der Waals surface area contributed by atoms with E-state index in [0.717, 1.165) is 44.6 Å². The minimum absolute atomic E-state index is 0.400. The number of carbonyl (C=O) groups is 2. The van der Waals surface area contributed by atoms with Gasteiger partial charge in [-0.2, -0.15) is 0 Å². The van der Waals surface area contributed by atoms with E-state index in [-0.39, 0.29) is 0 Å². The topological polar surface area (TPSA) is 52.6 Å². The van der Waals surface area contributed by atoms with Crippen LogP contribution in [0.1, 0.15) is 13.8 Å². The molecule has 6 heteroatoms. The van der Waals surface area contributed by atoms with Gasteiger partial charge in [0.1, 0.15) is 0 Å². The van der Waals surface area contributed by atoms with E-state index < -0.39 is 11.9 Å². The summed E-state index contributed by atoms with van der Waals surface area (Å²) in [6, 6.07) is 11.4. The quantitative estimate of drug-likeness (QED) is 0.528. The second-order valence-corrected chi connectivity index (χ2v) is 6.19. The fourth-order valence-corrected chi connectivity index (χ4v) is 3.03. The van der Waals surface area contributed by atoms with Gasteiger partial charge in [0, 0.05) is 17.0 Å². The number of carbonyl (C=O) groups excluding carboxylic acids is 2. The molecule has 0 heterocycles. The van der Waals surface area contributed by atoms with Crippen LogP contribution in [-0.2, 0) is 18.0 Å². The van der Waals surface area contributed by atoms with Gasteiger partial charge in [-0.25, -0.2) is 9.59 Å². The lowest BCUT2D eigenvalue weighted by atomic mass is 10.1. The average Bonchev–Trinajstić information content (AvgIpc) is 2.58. The number of fused-ring (bicyclic) bond motifs is 1. The first-order valence-corrected chi connectivity index (χ1v) is 8.67. The highest BCUT2D eigenvalue weighted by atomic mass is 32.2. The van der Waals surface area contributed by atoms with Gasteiger partial charge >= 0.3 is 11.9 Å². The number of benzene rings is 2. The second kappa shape index (κ2) is 9.20. The first kappa shape index (κ1) is 18.2. The summed E-state index contributed by atoms with van der Waals surface area (Å²) in [5.74, 6) is -0.801. The molecule has 0 aliphatic rings. The predicted octanol–water partition coefficient (Wildman–Crippen LogP) is 5.09. The number of allylic oxidation sites excluding steroid dienone is 2. The molecule has 2 aromatic rings. The molecule has 2 rings (SSSR count). The van der Waals surface area contributed by atoms with E-state index in [0.29, 0.717) is 0 Å². The molecule has 0 amide bonds. The molecule has 24 heavy (non-hydrogen) atoms. The van der Waals surface area contributed by atoms with E-state index in [2.05, 4.69) is 0 Å². The number of rotatable bonds is 6. The molecule has 0 N–H and O–H groups in total. The van der Waals surface area contributed by atoms with Gasteiger partial charge in [-0.15, -0.1) is 0 Å². The zero-order chi connectivity index (χ0) is 17.4. The van der Waals surface area contributed by atoms with Crippen LogP contribution in [0.5, 0.6) is 0 Å². The summed E-state index contributed by atoms with van der Waals surface area (Å²) < 4.78 is 10.2. The van der Waals surface area contributed by atoms with Gasteiger partial charge in [0.15, 0.2) is 0 Å². The molecule has 0 bridgehead atoms. The van der Waals surface area contributed by atoms with Crippen LogP contribution in [-0.4, -0.2) is 11.9 Å². The van der Waals surface area contributed by atoms with Crippen molar-refractivity contribution in [3.05, 3.63) is 60.7 Å². The Balaban J connectivity index is 2.13. The first-order valence-electron chi connectivity index (χ1n) is 7.19. The molecule has 0 aromatic heterocycles. The molecule has 0 unspecified atom stereocenters. The Hall–Kier alpha value is -2.18. The second-order valence-electron chi connectivity index (χ2n) is 4.61. The average molecular weight is 360 g/mol. The zero-order valence-electron chi connectivity index (χ0n) is 13.2. The van der Waals surface area contributed by atoms with Crippen LogP contribution in [0, 0.1) is 0 Å². The lowest BCUT2D eigenvalue weighted by Gasteiger charge is -2.07. The minimum atomic E-state index is -0.400. The van der Waals surface area contributed by atoms with Crippen molar-refractivity contribution in [2.24, 2.45) is 0 Å². The van der Waals surface area contributed by atoms with Crippen LogP contribution in [0.15, 0.2) is 70.5 Å². The molecule has 0 atom stereocenters. The summed E-state index contributed by atoms with van der Waals surface area (Å²) >= 11 is 2.04. The van der Waals surface area contributed by atoms with Crippen LogP contribution in [0.25, 0.3) is 10.8 Å². The Kier molecular flexibility index (Phi) is 6.96. The van der Waals surface area contributed by atoms with E-state index in [1.807, 2.05) is 36.4 Å². The van der Waals surface area contributed by atoms with Gasteiger partial charge in [0.25, 0.3) is 0 Å². The number of hydrogen-bond donors (Lipinski definition) is 0. The van der Waals surface area contributed by atoms with E-state index in [1.54, 1.807) is 26.0 Å². The highest BCUT2D eigenvalue weighted by Gasteiger charge is 2.07. The lowest BCUT2D eigenvalue weighted by molar-refractivity contribution is -0.128. The van der Waals surface area contributed by atoms with Gasteiger partial charge in [0.05, 0.1) is 29.0 Å². The molecule has 0 saturated carbocycles. The Morgan fingerprint density at radius 3 is 2.25 bits per heavy atom. The fourth-order valence-electron chi connectivity index (χ4n) is 1.86. The maximum Gasteiger partial charge on any atom is 0.342 e. The highest BCUT2D eigenvalue weighted by molar-refractivity contribution is 7.95. The van der Waals surface area contributed by atoms with E-state index in [9.17, 15) is 9.59 Å². The van der Waals surface area contributed by atoms with Crippen LogP contribution >= 0.6 is 24.1 Å². The van der Waals surface area contributed by atoms with Crippen LogP contribution in [0.4, 0.5) is 0 Å². The maximum absolute atomic E-state index is 11.4. The van der Waals surface area contributed by atoms with Crippen molar-refractivity contribution >= 4 is 46.8 Å². The van der Waals surface area contributed by atoms with Crippen molar-refractivity contribution in [1.29, 1.82) is 0 Å².